The van der Waals surface area contributed by atoms with Gasteiger partial charge in [0.1, 0.15) is 16.9 Å². The largest absolute Gasteiger partial charge is 0.497 e. The number of Topliss-reactive ketones (excluding diaryl/α,β-unsaturated/α-hetero) is 3. The Kier molecular flexibility index (Phi) is 5.58. The van der Waals surface area contributed by atoms with Gasteiger partial charge in [-0.1, -0.05) is 81.5 Å². The first-order chi connectivity index (χ1) is 18.7. The van der Waals surface area contributed by atoms with E-state index in [1.165, 1.54) is 0 Å². The minimum absolute atomic E-state index is 0.0473. The lowest BCUT2D eigenvalue weighted by molar-refractivity contribution is -0.127. The third kappa shape index (κ3) is 3.30. The van der Waals surface area contributed by atoms with Crippen molar-refractivity contribution >= 4 is 29.1 Å². The van der Waals surface area contributed by atoms with E-state index in [1.54, 1.807) is 50.6 Å². The maximum atomic E-state index is 14.7. The summed E-state index contributed by atoms with van der Waals surface area (Å²) in [6.07, 6.45) is 3.90. The van der Waals surface area contributed by atoms with E-state index in [2.05, 4.69) is 0 Å². The molecule has 198 valence electrons. The molecule has 0 bridgehead atoms. The van der Waals surface area contributed by atoms with Gasteiger partial charge in [-0.15, -0.1) is 0 Å². The van der Waals surface area contributed by atoms with Gasteiger partial charge < -0.3 is 14.4 Å². The maximum absolute atomic E-state index is 14.7. The van der Waals surface area contributed by atoms with Crippen LogP contribution in [0.1, 0.15) is 58.5 Å². The fraction of sp³-hybridized carbons (Fsp3) is 0.303. The van der Waals surface area contributed by atoms with E-state index in [4.69, 9.17) is 9.47 Å². The first-order valence-electron chi connectivity index (χ1n) is 13.2. The summed E-state index contributed by atoms with van der Waals surface area (Å²) in [7, 11) is 3.12. The number of carbonyl (C=O) groups is 3. The summed E-state index contributed by atoms with van der Waals surface area (Å²) >= 11 is 0. The Balaban J connectivity index is 1.72. The number of methoxy groups -OCH3 is 2. The third-order valence-electron chi connectivity index (χ3n) is 8.50. The SMILES string of the molecule is COc1ccc([C@@H]2[C@@H](C(=O)C(C)(C)C)N3c4ccccc4C=C[C@H]3C23C(=O)c2ccccc2C3=O)c(OC)c1. The highest BCUT2D eigenvalue weighted by Crippen LogP contribution is 2.62. The molecule has 1 aliphatic carbocycles. The highest BCUT2D eigenvalue weighted by atomic mass is 16.5. The molecule has 2 aliphatic heterocycles. The van der Waals surface area contributed by atoms with Crippen LogP contribution in [0.25, 0.3) is 6.08 Å². The molecule has 3 aliphatic rings. The molecule has 3 aromatic rings. The van der Waals surface area contributed by atoms with Gasteiger partial charge in [-0.05, 0) is 17.7 Å². The van der Waals surface area contributed by atoms with Crippen LogP contribution in [0.15, 0.2) is 72.8 Å². The van der Waals surface area contributed by atoms with Gasteiger partial charge in [-0.2, -0.15) is 0 Å². The number of benzene rings is 3. The summed E-state index contributed by atoms with van der Waals surface area (Å²) in [6.45, 7) is 5.66. The second-order valence-electron chi connectivity index (χ2n) is 11.5. The van der Waals surface area contributed by atoms with Crippen molar-refractivity contribution in [1.82, 2.24) is 0 Å². The second kappa shape index (κ2) is 8.67. The smallest absolute Gasteiger partial charge is 0.180 e. The van der Waals surface area contributed by atoms with Crippen LogP contribution >= 0.6 is 0 Å². The number of anilines is 1. The van der Waals surface area contributed by atoms with Crippen LogP contribution in [0.3, 0.4) is 0 Å². The fourth-order valence-corrected chi connectivity index (χ4v) is 6.78. The van der Waals surface area contributed by atoms with E-state index < -0.39 is 28.8 Å². The average Bonchev–Trinajstić information content (AvgIpc) is 3.37. The highest BCUT2D eigenvalue weighted by molar-refractivity contribution is 6.32. The van der Waals surface area contributed by atoms with Gasteiger partial charge in [0.05, 0.1) is 26.3 Å². The third-order valence-corrected chi connectivity index (χ3v) is 8.50. The Morgan fingerprint density at radius 2 is 1.51 bits per heavy atom. The minimum Gasteiger partial charge on any atom is -0.497 e. The van der Waals surface area contributed by atoms with Crippen molar-refractivity contribution in [3.63, 3.8) is 0 Å². The van der Waals surface area contributed by atoms with E-state index in [-0.39, 0.29) is 17.3 Å². The van der Waals surface area contributed by atoms with Crippen LogP contribution in [0.4, 0.5) is 5.69 Å². The predicted molar refractivity (Wildman–Crippen MR) is 150 cm³/mol. The number of ketones is 3. The molecule has 3 aromatic carbocycles. The Bertz CT molecular complexity index is 1530. The lowest BCUT2D eigenvalue weighted by atomic mass is 9.63. The summed E-state index contributed by atoms with van der Waals surface area (Å²) in [4.78, 5) is 45.9. The molecule has 3 atom stereocenters. The molecule has 39 heavy (non-hydrogen) atoms. The van der Waals surface area contributed by atoms with Gasteiger partial charge >= 0.3 is 0 Å². The number of nitrogens with zero attached hydrogens (tertiary/aromatic N) is 1. The van der Waals surface area contributed by atoms with Crippen molar-refractivity contribution in [2.45, 2.75) is 38.8 Å². The zero-order valence-corrected chi connectivity index (χ0v) is 22.7. The molecule has 1 spiro atoms. The van der Waals surface area contributed by atoms with E-state index in [0.717, 1.165) is 11.3 Å². The molecule has 0 unspecified atom stereocenters. The summed E-state index contributed by atoms with van der Waals surface area (Å²) < 4.78 is 11.3. The van der Waals surface area contributed by atoms with Crippen molar-refractivity contribution in [3.05, 3.63) is 95.1 Å². The maximum Gasteiger partial charge on any atom is 0.180 e. The Morgan fingerprint density at radius 1 is 0.872 bits per heavy atom. The summed E-state index contributed by atoms with van der Waals surface area (Å²) in [5.74, 6) is -0.314. The molecule has 6 heteroatoms. The molecule has 0 radical (unpaired) electrons. The number of hydrogen-bond acceptors (Lipinski definition) is 6. The molecule has 1 fully saturated rings. The van der Waals surface area contributed by atoms with Crippen LogP contribution in [0.5, 0.6) is 11.5 Å². The van der Waals surface area contributed by atoms with Crippen LogP contribution in [-0.2, 0) is 4.79 Å². The van der Waals surface area contributed by atoms with Crippen molar-refractivity contribution in [2.75, 3.05) is 19.1 Å². The summed E-state index contributed by atoms with van der Waals surface area (Å²) in [5, 5.41) is 0. The summed E-state index contributed by atoms with van der Waals surface area (Å²) in [6, 6.07) is 18.7. The van der Waals surface area contributed by atoms with Gasteiger partial charge in [-0.3, -0.25) is 14.4 Å². The van der Waals surface area contributed by atoms with Crippen LogP contribution < -0.4 is 14.4 Å². The van der Waals surface area contributed by atoms with Gasteiger partial charge in [0.25, 0.3) is 0 Å². The van der Waals surface area contributed by atoms with Crippen molar-refractivity contribution < 1.29 is 23.9 Å². The number of carbonyl (C=O) groups excluding carboxylic acids is 3. The van der Waals surface area contributed by atoms with Gasteiger partial charge in [-0.25, -0.2) is 0 Å². The van der Waals surface area contributed by atoms with Gasteiger partial charge in [0.15, 0.2) is 17.3 Å². The van der Waals surface area contributed by atoms with Crippen LogP contribution in [0.2, 0.25) is 0 Å². The van der Waals surface area contributed by atoms with Gasteiger partial charge in [0, 0.05) is 39.8 Å². The molecule has 6 nitrogen and oxygen atoms in total. The predicted octanol–water partition coefficient (Wildman–Crippen LogP) is 5.75. The fourth-order valence-electron chi connectivity index (χ4n) is 6.78. The molecular weight excluding hydrogens is 490 g/mol. The Hall–Kier alpha value is -4.19. The van der Waals surface area contributed by atoms with E-state index >= 15 is 0 Å². The first kappa shape index (κ1) is 25.1. The molecule has 0 saturated carbocycles. The van der Waals surface area contributed by atoms with E-state index in [1.807, 2.05) is 68.2 Å². The zero-order valence-electron chi connectivity index (χ0n) is 22.7. The number of rotatable bonds is 4. The van der Waals surface area contributed by atoms with E-state index in [9.17, 15) is 14.4 Å². The monoisotopic (exact) mass is 521 g/mol. The van der Waals surface area contributed by atoms with Crippen LogP contribution in [0, 0.1) is 10.8 Å². The molecule has 0 aromatic heterocycles. The number of hydrogen-bond donors (Lipinski definition) is 0. The normalized spacial score (nSPS) is 22.5. The van der Waals surface area contributed by atoms with Crippen molar-refractivity contribution in [1.29, 1.82) is 0 Å². The lowest BCUT2D eigenvalue weighted by Gasteiger charge is -2.38. The quantitative estimate of drug-likeness (QED) is 0.407. The molecular formula is C33H31NO5. The summed E-state index contributed by atoms with van der Waals surface area (Å²) in [5.41, 5.74) is 0.905. The first-order valence-corrected chi connectivity index (χ1v) is 13.2. The molecule has 6 rings (SSSR count). The van der Waals surface area contributed by atoms with Crippen LogP contribution in [-0.4, -0.2) is 43.7 Å². The Morgan fingerprint density at radius 3 is 2.13 bits per heavy atom. The zero-order chi connectivity index (χ0) is 27.7. The van der Waals surface area contributed by atoms with E-state index in [0.29, 0.717) is 28.2 Å². The second-order valence-corrected chi connectivity index (χ2v) is 11.5. The molecule has 2 heterocycles. The van der Waals surface area contributed by atoms with Gasteiger partial charge in [0.2, 0.25) is 0 Å². The molecule has 0 amide bonds. The van der Waals surface area contributed by atoms with Crippen molar-refractivity contribution in [3.8, 4) is 11.5 Å². The Labute approximate surface area is 228 Å². The average molecular weight is 522 g/mol. The standard InChI is InChI=1S/C33H31NO5/c1-32(2,3)31(37)28-27(23-16-15-20(38-4)18-25(23)39-5)33(29(35)21-11-7-8-12-22(21)30(33)36)26-17-14-19-10-6-9-13-24(19)34(26)28/h6-18,26-28H,1-5H3/t26-,27+,28-/m0/s1. The number of fused-ring (bicyclic) bond motifs is 5. The van der Waals surface area contributed by atoms with Crippen molar-refractivity contribution in [2.24, 2.45) is 10.8 Å². The lowest BCUT2D eigenvalue weighted by Crippen LogP contribution is -2.49. The number of para-hydroxylation sites is 1. The topological polar surface area (TPSA) is 72.9 Å². The number of ether oxygens (including phenoxy) is 2. The molecule has 0 N–H and O–H groups in total. The highest BCUT2D eigenvalue weighted by Gasteiger charge is 2.72. The minimum atomic E-state index is -1.55. The molecule has 1 saturated heterocycles.